The molecular weight excluding hydrogens is 230 g/mol. The van der Waals surface area contributed by atoms with E-state index in [0.717, 1.165) is 23.4 Å². The first-order valence-electron chi connectivity index (χ1n) is 4.43. The Labute approximate surface area is 86.4 Å². The van der Waals surface area contributed by atoms with E-state index in [2.05, 4.69) is 34.2 Å². The molecule has 0 amide bonds. The Bertz CT molecular complexity index is 314. The predicted molar refractivity (Wildman–Crippen MR) is 56.1 cm³/mol. The lowest BCUT2D eigenvalue weighted by Gasteiger charge is -2.12. The van der Waals surface area contributed by atoms with Crippen molar-refractivity contribution in [3.05, 3.63) is 28.2 Å². The molecule has 13 heavy (non-hydrogen) atoms. The number of hydrogen-bond donors (Lipinski definition) is 1. The van der Waals surface area contributed by atoms with Gasteiger partial charge in [-0.3, -0.25) is 0 Å². The molecular formula is C10H12BrNO. The summed E-state index contributed by atoms with van der Waals surface area (Å²) in [6.07, 6.45) is 0. The lowest BCUT2D eigenvalue weighted by atomic mass is 10.1. The van der Waals surface area contributed by atoms with Gasteiger partial charge in [0.15, 0.2) is 0 Å². The van der Waals surface area contributed by atoms with Gasteiger partial charge in [0.2, 0.25) is 0 Å². The van der Waals surface area contributed by atoms with E-state index in [9.17, 15) is 0 Å². The van der Waals surface area contributed by atoms with Crippen molar-refractivity contribution in [1.82, 2.24) is 5.32 Å². The molecule has 1 aliphatic heterocycles. The van der Waals surface area contributed by atoms with Crippen LogP contribution in [0.25, 0.3) is 0 Å². The number of rotatable bonds is 0. The molecule has 1 aliphatic rings. The summed E-state index contributed by atoms with van der Waals surface area (Å²) in [6.45, 7) is 3.81. The second kappa shape index (κ2) is 3.68. The van der Waals surface area contributed by atoms with Crippen LogP contribution in [-0.4, -0.2) is 13.2 Å². The largest absolute Gasteiger partial charge is 0.492 e. The van der Waals surface area contributed by atoms with Gasteiger partial charge in [0.1, 0.15) is 12.4 Å². The van der Waals surface area contributed by atoms with Crippen molar-refractivity contribution in [1.29, 1.82) is 0 Å². The van der Waals surface area contributed by atoms with Gasteiger partial charge in [-0.2, -0.15) is 0 Å². The Balaban J connectivity index is 2.43. The number of fused-ring (bicyclic) bond motifs is 1. The van der Waals surface area contributed by atoms with E-state index in [-0.39, 0.29) is 0 Å². The molecule has 1 aromatic rings. The maximum absolute atomic E-state index is 5.59. The van der Waals surface area contributed by atoms with Crippen molar-refractivity contribution in [3.63, 3.8) is 0 Å². The van der Waals surface area contributed by atoms with Crippen LogP contribution < -0.4 is 10.1 Å². The van der Waals surface area contributed by atoms with Crippen LogP contribution in [0.1, 0.15) is 18.5 Å². The van der Waals surface area contributed by atoms with Gasteiger partial charge in [0.05, 0.1) is 0 Å². The molecule has 1 aromatic carbocycles. The lowest BCUT2D eigenvalue weighted by Crippen LogP contribution is -2.20. The lowest BCUT2D eigenvalue weighted by molar-refractivity contribution is 0.324. The SMILES string of the molecule is C[C@@H]1NCCOc2ccc(Br)cc21. The van der Waals surface area contributed by atoms with E-state index in [4.69, 9.17) is 4.74 Å². The van der Waals surface area contributed by atoms with Gasteiger partial charge >= 0.3 is 0 Å². The molecule has 0 unspecified atom stereocenters. The first-order chi connectivity index (χ1) is 6.27. The number of benzene rings is 1. The third-order valence-corrected chi connectivity index (χ3v) is 2.74. The highest BCUT2D eigenvalue weighted by Crippen LogP contribution is 2.29. The first-order valence-corrected chi connectivity index (χ1v) is 5.22. The molecule has 0 aliphatic carbocycles. The molecule has 0 bridgehead atoms. The molecule has 3 heteroatoms. The maximum atomic E-state index is 5.59. The Morgan fingerprint density at radius 1 is 1.54 bits per heavy atom. The van der Waals surface area contributed by atoms with Crippen LogP contribution in [0.3, 0.4) is 0 Å². The minimum atomic E-state index is 0.370. The average Bonchev–Trinajstić information content (AvgIpc) is 2.29. The van der Waals surface area contributed by atoms with Crippen molar-refractivity contribution in [2.75, 3.05) is 13.2 Å². The Kier molecular flexibility index (Phi) is 2.56. The monoisotopic (exact) mass is 241 g/mol. The first kappa shape index (κ1) is 9.03. The van der Waals surface area contributed by atoms with E-state index in [1.54, 1.807) is 0 Å². The molecule has 0 spiro atoms. The second-order valence-electron chi connectivity index (χ2n) is 3.21. The molecule has 2 nitrogen and oxygen atoms in total. The van der Waals surface area contributed by atoms with Gasteiger partial charge in [0.25, 0.3) is 0 Å². The van der Waals surface area contributed by atoms with Crippen LogP contribution in [0.15, 0.2) is 22.7 Å². The molecule has 0 aromatic heterocycles. The fourth-order valence-electron chi connectivity index (χ4n) is 1.54. The summed E-state index contributed by atoms with van der Waals surface area (Å²) in [6, 6.07) is 6.51. The fraction of sp³-hybridized carbons (Fsp3) is 0.400. The Morgan fingerprint density at radius 2 is 2.38 bits per heavy atom. The quantitative estimate of drug-likeness (QED) is 0.754. The minimum absolute atomic E-state index is 0.370. The zero-order chi connectivity index (χ0) is 9.26. The molecule has 1 N–H and O–H groups in total. The van der Waals surface area contributed by atoms with Crippen molar-refractivity contribution in [2.45, 2.75) is 13.0 Å². The van der Waals surface area contributed by atoms with Crippen LogP contribution in [0, 0.1) is 0 Å². The van der Waals surface area contributed by atoms with Gasteiger partial charge in [-0.1, -0.05) is 15.9 Å². The summed E-state index contributed by atoms with van der Waals surface area (Å²) in [4.78, 5) is 0. The third-order valence-electron chi connectivity index (χ3n) is 2.25. The van der Waals surface area contributed by atoms with Crippen molar-refractivity contribution >= 4 is 15.9 Å². The van der Waals surface area contributed by atoms with Gasteiger partial charge < -0.3 is 10.1 Å². The van der Waals surface area contributed by atoms with Crippen LogP contribution in [0.2, 0.25) is 0 Å². The third kappa shape index (κ3) is 1.86. The standard InChI is InChI=1S/C10H12BrNO/c1-7-9-6-8(11)2-3-10(9)13-5-4-12-7/h2-3,6-7,12H,4-5H2,1H3/t7-/m0/s1. The summed E-state index contributed by atoms with van der Waals surface area (Å²) >= 11 is 3.46. The summed E-state index contributed by atoms with van der Waals surface area (Å²) in [7, 11) is 0. The highest BCUT2D eigenvalue weighted by atomic mass is 79.9. The van der Waals surface area contributed by atoms with Crippen LogP contribution in [-0.2, 0) is 0 Å². The average molecular weight is 242 g/mol. The molecule has 70 valence electrons. The second-order valence-corrected chi connectivity index (χ2v) is 4.12. The molecule has 0 saturated carbocycles. The molecule has 0 saturated heterocycles. The maximum Gasteiger partial charge on any atom is 0.124 e. The Hall–Kier alpha value is -0.540. The molecule has 1 atom stereocenters. The van der Waals surface area contributed by atoms with Gasteiger partial charge in [-0.15, -0.1) is 0 Å². The summed E-state index contributed by atoms with van der Waals surface area (Å²) in [5.41, 5.74) is 1.23. The van der Waals surface area contributed by atoms with Gasteiger partial charge in [-0.05, 0) is 25.1 Å². The summed E-state index contributed by atoms with van der Waals surface area (Å²) < 4.78 is 6.69. The molecule has 0 radical (unpaired) electrons. The van der Waals surface area contributed by atoms with Crippen molar-refractivity contribution < 1.29 is 4.74 Å². The van der Waals surface area contributed by atoms with Gasteiger partial charge in [0, 0.05) is 22.6 Å². The number of halogens is 1. The van der Waals surface area contributed by atoms with E-state index in [1.807, 2.05) is 12.1 Å². The number of ether oxygens (including phenoxy) is 1. The number of nitrogens with one attached hydrogen (secondary N) is 1. The van der Waals surface area contributed by atoms with E-state index in [1.165, 1.54) is 5.56 Å². The predicted octanol–water partition coefficient (Wildman–Crippen LogP) is 2.49. The highest BCUT2D eigenvalue weighted by Gasteiger charge is 2.14. The Morgan fingerprint density at radius 3 is 3.23 bits per heavy atom. The fourth-order valence-corrected chi connectivity index (χ4v) is 1.91. The zero-order valence-electron chi connectivity index (χ0n) is 7.51. The molecule has 1 heterocycles. The van der Waals surface area contributed by atoms with Crippen LogP contribution in [0.4, 0.5) is 0 Å². The van der Waals surface area contributed by atoms with Crippen LogP contribution >= 0.6 is 15.9 Å². The van der Waals surface area contributed by atoms with E-state index < -0.39 is 0 Å². The smallest absolute Gasteiger partial charge is 0.124 e. The highest BCUT2D eigenvalue weighted by molar-refractivity contribution is 9.10. The summed E-state index contributed by atoms with van der Waals surface area (Å²) in [5, 5.41) is 3.38. The molecule has 0 fully saturated rings. The van der Waals surface area contributed by atoms with E-state index >= 15 is 0 Å². The van der Waals surface area contributed by atoms with Crippen molar-refractivity contribution in [3.8, 4) is 5.75 Å². The minimum Gasteiger partial charge on any atom is -0.492 e. The topological polar surface area (TPSA) is 21.3 Å². The molecule has 2 rings (SSSR count). The normalized spacial score (nSPS) is 21.5. The van der Waals surface area contributed by atoms with Crippen molar-refractivity contribution in [2.24, 2.45) is 0 Å². The zero-order valence-corrected chi connectivity index (χ0v) is 9.10. The van der Waals surface area contributed by atoms with Gasteiger partial charge in [-0.25, -0.2) is 0 Å². The number of hydrogen-bond acceptors (Lipinski definition) is 2. The summed E-state index contributed by atoms with van der Waals surface area (Å²) in [5.74, 6) is 1.00. The van der Waals surface area contributed by atoms with E-state index in [0.29, 0.717) is 6.04 Å². The van der Waals surface area contributed by atoms with Crippen LogP contribution in [0.5, 0.6) is 5.75 Å².